The predicted octanol–water partition coefficient (Wildman–Crippen LogP) is 2.39. The fraction of sp³-hybridized carbons (Fsp3) is 0.167. The van der Waals surface area contributed by atoms with Crippen molar-refractivity contribution in [3.63, 3.8) is 0 Å². The summed E-state index contributed by atoms with van der Waals surface area (Å²) in [5.74, 6) is 0.362. The Labute approximate surface area is 125 Å². The Morgan fingerprint density at radius 3 is 2.45 bits per heavy atom. The molecule has 0 aliphatic carbocycles. The standard InChI is InChI=1S/C12H13BrN4O2S/c1-8-4-3-5-10(11(8)13)17-20(18,19)9-6-15-12(14-2)16-7-9/h3-7,17H,1-2H3,(H,14,15,16). The van der Waals surface area contributed by atoms with Crippen LogP contribution < -0.4 is 10.0 Å². The first kappa shape index (κ1) is 14.7. The second-order valence-electron chi connectivity index (χ2n) is 4.03. The Balaban J connectivity index is 2.33. The van der Waals surface area contributed by atoms with E-state index in [1.807, 2.05) is 13.0 Å². The van der Waals surface area contributed by atoms with Gasteiger partial charge in [0.25, 0.3) is 10.0 Å². The average molecular weight is 357 g/mol. The maximum atomic E-state index is 12.2. The van der Waals surface area contributed by atoms with Crippen LogP contribution in [0.25, 0.3) is 0 Å². The van der Waals surface area contributed by atoms with Crippen molar-refractivity contribution in [1.29, 1.82) is 0 Å². The number of halogens is 1. The quantitative estimate of drug-likeness (QED) is 0.878. The summed E-state index contributed by atoms with van der Waals surface area (Å²) in [6.07, 6.45) is 2.51. The fourth-order valence-corrected chi connectivity index (χ4v) is 2.97. The van der Waals surface area contributed by atoms with Crippen molar-refractivity contribution < 1.29 is 8.42 Å². The second-order valence-corrected chi connectivity index (χ2v) is 6.51. The molecule has 2 aromatic rings. The zero-order valence-electron chi connectivity index (χ0n) is 10.9. The molecule has 0 atom stereocenters. The highest BCUT2D eigenvalue weighted by molar-refractivity contribution is 9.10. The van der Waals surface area contributed by atoms with Gasteiger partial charge in [0.2, 0.25) is 5.95 Å². The third-order valence-corrected chi connectivity index (χ3v) is 4.97. The van der Waals surface area contributed by atoms with Gasteiger partial charge in [-0.2, -0.15) is 0 Å². The molecule has 0 bridgehead atoms. The lowest BCUT2D eigenvalue weighted by Crippen LogP contribution is -2.14. The molecule has 1 aromatic heterocycles. The van der Waals surface area contributed by atoms with E-state index >= 15 is 0 Å². The number of anilines is 2. The van der Waals surface area contributed by atoms with E-state index in [4.69, 9.17) is 0 Å². The van der Waals surface area contributed by atoms with E-state index in [1.54, 1.807) is 19.2 Å². The van der Waals surface area contributed by atoms with E-state index in [0.717, 1.165) is 5.56 Å². The van der Waals surface area contributed by atoms with Crippen LogP contribution >= 0.6 is 15.9 Å². The fourth-order valence-electron chi connectivity index (χ4n) is 1.51. The number of rotatable bonds is 4. The highest BCUT2D eigenvalue weighted by atomic mass is 79.9. The van der Waals surface area contributed by atoms with Gasteiger partial charge < -0.3 is 5.32 Å². The first-order valence-corrected chi connectivity index (χ1v) is 7.99. The molecule has 0 aliphatic heterocycles. The number of aromatic nitrogens is 2. The Morgan fingerprint density at radius 2 is 1.85 bits per heavy atom. The molecule has 0 fully saturated rings. The van der Waals surface area contributed by atoms with E-state index in [9.17, 15) is 8.42 Å². The van der Waals surface area contributed by atoms with Crippen LogP contribution in [0.5, 0.6) is 0 Å². The monoisotopic (exact) mass is 356 g/mol. The minimum Gasteiger partial charge on any atom is -0.357 e. The second kappa shape index (κ2) is 5.76. The van der Waals surface area contributed by atoms with Crippen molar-refractivity contribution in [2.24, 2.45) is 0 Å². The molecule has 0 radical (unpaired) electrons. The van der Waals surface area contributed by atoms with Crippen LogP contribution in [0.1, 0.15) is 5.56 Å². The van der Waals surface area contributed by atoms with Crippen LogP contribution in [0.15, 0.2) is 40.0 Å². The Morgan fingerprint density at radius 1 is 1.20 bits per heavy atom. The summed E-state index contributed by atoms with van der Waals surface area (Å²) in [4.78, 5) is 7.79. The van der Waals surface area contributed by atoms with Gasteiger partial charge >= 0.3 is 0 Å². The molecule has 2 N–H and O–H groups in total. The van der Waals surface area contributed by atoms with Gasteiger partial charge in [-0.25, -0.2) is 18.4 Å². The number of hydrogen-bond donors (Lipinski definition) is 2. The van der Waals surface area contributed by atoms with E-state index in [1.165, 1.54) is 12.4 Å². The smallest absolute Gasteiger partial charge is 0.265 e. The number of nitrogens with one attached hydrogen (secondary N) is 2. The third kappa shape index (κ3) is 3.07. The van der Waals surface area contributed by atoms with Gasteiger partial charge in [-0.3, -0.25) is 4.72 Å². The van der Waals surface area contributed by atoms with Gasteiger partial charge in [-0.1, -0.05) is 12.1 Å². The van der Waals surface area contributed by atoms with E-state index in [-0.39, 0.29) is 4.90 Å². The maximum Gasteiger partial charge on any atom is 0.265 e. The number of sulfonamides is 1. The van der Waals surface area contributed by atoms with E-state index < -0.39 is 10.0 Å². The zero-order chi connectivity index (χ0) is 14.8. The lowest BCUT2D eigenvalue weighted by Gasteiger charge is -2.10. The van der Waals surface area contributed by atoms with Crippen LogP contribution in [-0.2, 0) is 10.0 Å². The molecular formula is C12H13BrN4O2S. The minimum absolute atomic E-state index is 0.00454. The summed E-state index contributed by atoms with van der Waals surface area (Å²) in [7, 11) is -2.05. The molecule has 0 unspecified atom stereocenters. The molecule has 2 rings (SSSR count). The van der Waals surface area contributed by atoms with Crippen LogP contribution in [0, 0.1) is 6.92 Å². The Hall–Kier alpha value is -1.67. The topological polar surface area (TPSA) is 84.0 Å². The van der Waals surface area contributed by atoms with Gasteiger partial charge in [-0.05, 0) is 34.5 Å². The van der Waals surface area contributed by atoms with E-state index in [0.29, 0.717) is 16.1 Å². The van der Waals surface area contributed by atoms with Crippen molar-refractivity contribution in [1.82, 2.24) is 9.97 Å². The Kier molecular flexibility index (Phi) is 4.24. The largest absolute Gasteiger partial charge is 0.357 e. The average Bonchev–Trinajstić information content (AvgIpc) is 2.44. The minimum atomic E-state index is -3.71. The number of hydrogen-bond acceptors (Lipinski definition) is 5. The van der Waals surface area contributed by atoms with Crippen molar-refractivity contribution in [2.75, 3.05) is 17.1 Å². The lowest BCUT2D eigenvalue weighted by atomic mass is 10.2. The van der Waals surface area contributed by atoms with Gasteiger partial charge in [0.05, 0.1) is 18.1 Å². The molecule has 0 saturated carbocycles. The van der Waals surface area contributed by atoms with Gasteiger partial charge in [0, 0.05) is 11.5 Å². The molecule has 6 nitrogen and oxygen atoms in total. The molecule has 20 heavy (non-hydrogen) atoms. The third-order valence-electron chi connectivity index (χ3n) is 2.60. The van der Waals surface area contributed by atoms with Crippen LogP contribution in [0.4, 0.5) is 11.6 Å². The van der Waals surface area contributed by atoms with Gasteiger partial charge in [0.1, 0.15) is 4.90 Å². The molecule has 0 saturated heterocycles. The normalized spacial score (nSPS) is 11.2. The molecule has 1 heterocycles. The maximum absolute atomic E-state index is 12.2. The van der Waals surface area contributed by atoms with E-state index in [2.05, 4.69) is 35.9 Å². The molecule has 8 heteroatoms. The first-order chi connectivity index (χ1) is 9.44. The van der Waals surface area contributed by atoms with Crippen LogP contribution in [-0.4, -0.2) is 25.4 Å². The number of aryl methyl sites for hydroxylation is 1. The summed E-state index contributed by atoms with van der Waals surface area (Å²) < 4.78 is 27.7. The summed E-state index contributed by atoms with van der Waals surface area (Å²) in [5.41, 5.74) is 1.41. The summed E-state index contributed by atoms with van der Waals surface area (Å²) in [6.45, 7) is 1.88. The van der Waals surface area contributed by atoms with Crippen molar-refractivity contribution in [3.05, 3.63) is 40.6 Å². The highest BCUT2D eigenvalue weighted by Crippen LogP contribution is 2.27. The first-order valence-electron chi connectivity index (χ1n) is 5.72. The van der Waals surface area contributed by atoms with Crippen molar-refractivity contribution >= 4 is 37.6 Å². The molecule has 0 spiro atoms. The van der Waals surface area contributed by atoms with Gasteiger partial charge in [0.15, 0.2) is 0 Å². The summed E-state index contributed by atoms with van der Waals surface area (Å²) >= 11 is 3.36. The number of benzene rings is 1. The Bertz CT molecular complexity index is 717. The number of nitrogens with zero attached hydrogens (tertiary/aromatic N) is 2. The molecule has 1 aromatic carbocycles. The summed E-state index contributed by atoms with van der Waals surface area (Å²) in [6, 6.07) is 5.34. The molecule has 0 amide bonds. The molecule has 0 aliphatic rings. The van der Waals surface area contributed by atoms with Gasteiger partial charge in [-0.15, -0.1) is 0 Å². The van der Waals surface area contributed by atoms with Crippen LogP contribution in [0.3, 0.4) is 0 Å². The predicted molar refractivity (Wildman–Crippen MR) is 81.3 cm³/mol. The van der Waals surface area contributed by atoms with Crippen LogP contribution in [0.2, 0.25) is 0 Å². The molecule has 106 valence electrons. The SMILES string of the molecule is CNc1ncc(S(=O)(=O)Nc2cccc(C)c2Br)cn1. The highest BCUT2D eigenvalue weighted by Gasteiger charge is 2.17. The van der Waals surface area contributed by atoms with Crippen molar-refractivity contribution in [2.45, 2.75) is 11.8 Å². The molecular weight excluding hydrogens is 344 g/mol. The lowest BCUT2D eigenvalue weighted by molar-refractivity contribution is 0.600. The summed E-state index contributed by atoms with van der Waals surface area (Å²) in [5, 5.41) is 2.73. The zero-order valence-corrected chi connectivity index (χ0v) is 13.3. The van der Waals surface area contributed by atoms with Crippen molar-refractivity contribution in [3.8, 4) is 0 Å².